The number of thiazole rings is 1. The highest BCUT2D eigenvalue weighted by Crippen LogP contribution is 2.33. The maximum absolute atomic E-state index is 12.7. The quantitative estimate of drug-likeness (QED) is 0.841. The van der Waals surface area contributed by atoms with Crippen molar-refractivity contribution in [2.45, 2.75) is 24.9 Å². The molecule has 21 heavy (non-hydrogen) atoms. The third-order valence-corrected chi connectivity index (χ3v) is 4.56. The van der Waals surface area contributed by atoms with Crippen LogP contribution in [0, 0.1) is 0 Å². The summed E-state index contributed by atoms with van der Waals surface area (Å²) < 4.78 is 38.2. The SMILES string of the molecule is FC(F)(F)c1cc(N2CCC[C@@H](c3nccs3)C2)ccn1. The molecule has 2 aromatic rings. The van der Waals surface area contributed by atoms with Gasteiger partial charge in [-0.05, 0) is 25.0 Å². The van der Waals surface area contributed by atoms with Crippen molar-refractivity contribution in [3.05, 3.63) is 40.6 Å². The van der Waals surface area contributed by atoms with Crippen LogP contribution in [0.3, 0.4) is 0 Å². The summed E-state index contributed by atoms with van der Waals surface area (Å²) in [6.45, 7) is 1.47. The molecule has 1 aliphatic heterocycles. The summed E-state index contributed by atoms with van der Waals surface area (Å²) in [7, 11) is 0. The van der Waals surface area contributed by atoms with E-state index in [1.807, 2.05) is 10.3 Å². The van der Waals surface area contributed by atoms with Crippen molar-refractivity contribution in [1.82, 2.24) is 9.97 Å². The Morgan fingerprint density at radius 2 is 2.10 bits per heavy atom. The van der Waals surface area contributed by atoms with Gasteiger partial charge in [-0.1, -0.05) is 0 Å². The molecule has 0 N–H and O–H groups in total. The maximum atomic E-state index is 12.7. The van der Waals surface area contributed by atoms with Crippen LogP contribution in [0.1, 0.15) is 29.5 Å². The summed E-state index contributed by atoms with van der Waals surface area (Å²) in [6, 6.07) is 2.77. The Kier molecular flexibility index (Phi) is 3.84. The van der Waals surface area contributed by atoms with Crippen molar-refractivity contribution in [2.75, 3.05) is 18.0 Å². The molecule has 7 heteroatoms. The van der Waals surface area contributed by atoms with Gasteiger partial charge in [0.25, 0.3) is 0 Å². The predicted octanol–water partition coefficient (Wildman–Crippen LogP) is 3.94. The fourth-order valence-corrected chi connectivity index (χ4v) is 3.39. The Morgan fingerprint density at radius 1 is 1.24 bits per heavy atom. The van der Waals surface area contributed by atoms with E-state index < -0.39 is 11.9 Å². The molecule has 0 radical (unpaired) electrons. The van der Waals surface area contributed by atoms with Crippen LogP contribution in [0.15, 0.2) is 29.9 Å². The first-order valence-electron chi connectivity index (χ1n) is 6.71. The van der Waals surface area contributed by atoms with Gasteiger partial charge in [0.15, 0.2) is 0 Å². The van der Waals surface area contributed by atoms with E-state index in [9.17, 15) is 13.2 Å². The van der Waals surface area contributed by atoms with Gasteiger partial charge in [0.2, 0.25) is 0 Å². The maximum Gasteiger partial charge on any atom is 0.433 e. The minimum absolute atomic E-state index is 0.293. The Balaban J connectivity index is 1.80. The zero-order chi connectivity index (χ0) is 14.9. The number of hydrogen-bond donors (Lipinski definition) is 0. The van der Waals surface area contributed by atoms with E-state index in [0.717, 1.165) is 30.5 Å². The number of piperidine rings is 1. The second-order valence-corrected chi connectivity index (χ2v) is 5.98. The van der Waals surface area contributed by atoms with E-state index in [1.165, 1.54) is 6.20 Å². The standard InChI is InChI=1S/C14H14F3N3S/c15-14(16,17)12-8-11(3-4-18-12)20-6-1-2-10(9-20)13-19-5-7-21-13/h3-5,7-8,10H,1-2,6,9H2/t10-/m1/s1. The monoisotopic (exact) mass is 313 g/mol. The molecule has 112 valence electrons. The molecule has 0 spiro atoms. The van der Waals surface area contributed by atoms with E-state index in [2.05, 4.69) is 9.97 Å². The molecule has 0 aromatic carbocycles. The lowest BCUT2D eigenvalue weighted by molar-refractivity contribution is -0.141. The Hall–Kier alpha value is -1.63. The van der Waals surface area contributed by atoms with E-state index in [4.69, 9.17) is 0 Å². The van der Waals surface area contributed by atoms with Crippen molar-refractivity contribution >= 4 is 17.0 Å². The van der Waals surface area contributed by atoms with Gasteiger partial charge in [-0.15, -0.1) is 11.3 Å². The zero-order valence-electron chi connectivity index (χ0n) is 11.2. The summed E-state index contributed by atoms with van der Waals surface area (Å²) in [5.41, 5.74) is -0.255. The zero-order valence-corrected chi connectivity index (χ0v) is 12.0. The van der Waals surface area contributed by atoms with Crippen LogP contribution >= 0.6 is 11.3 Å². The molecule has 1 saturated heterocycles. The van der Waals surface area contributed by atoms with Crippen LogP contribution in [-0.4, -0.2) is 23.1 Å². The first kappa shape index (κ1) is 14.3. The number of aromatic nitrogens is 2. The molecule has 3 heterocycles. The Labute approximate surface area is 124 Å². The van der Waals surface area contributed by atoms with E-state index in [0.29, 0.717) is 18.2 Å². The lowest BCUT2D eigenvalue weighted by Crippen LogP contribution is -2.34. The number of halogens is 3. The summed E-state index contributed by atoms with van der Waals surface area (Å²) in [5, 5.41) is 2.99. The summed E-state index contributed by atoms with van der Waals surface area (Å²) in [6.07, 6.45) is 0.577. The molecule has 0 aliphatic carbocycles. The van der Waals surface area contributed by atoms with Gasteiger partial charge in [0.1, 0.15) is 5.69 Å². The van der Waals surface area contributed by atoms with Gasteiger partial charge in [-0.3, -0.25) is 4.98 Å². The van der Waals surface area contributed by atoms with Gasteiger partial charge in [-0.25, -0.2) is 4.98 Å². The first-order chi connectivity index (χ1) is 10.0. The van der Waals surface area contributed by atoms with Gasteiger partial charge >= 0.3 is 6.18 Å². The molecule has 1 aliphatic rings. The molecular formula is C14H14F3N3S. The van der Waals surface area contributed by atoms with Crippen molar-refractivity contribution in [1.29, 1.82) is 0 Å². The molecule has 0 bridgehead atoms. The molecule has 1 atom stereocenters. The van der Waals surface area contributed by atoms with Gasteiger partial charge in [-0.2, -0.15) is 13.2 Å². The molecule has 0 saturated carbocycles. The molecule has 0 amide bonds. The number of alkyl halides is 3. The number of nitrogens with zero attached hydrogens (tertiary/aromatic N) is 3. The third-order valence-electron chi connectivity index (χ3n) is 3.62. The van der Waals surface area contributed by atoms with Crippen LogP contribution in [0.2, 0.25) is 0 Å². The summed E-state index contributed by atoms with van der Waals surface area (Å²) >= 11 is 1.60. The average molecular weight is 313 g/mol. The molecule has 3 nitrogen and oxygen atoms in total. The predicted molar refractivity (Wildman–Crippen MR) is 75.5 cm³/mol. The molecular weight excluding hydrogens is 299 g/mol. The Morgan fingerprint density at radius 3 is 2.81 bits per heavy atom. The third kappa shape index (κ3) is 3.18. The van der Waals surface area contributed by atoms with Crippen molar-refractivity contribution in [3.8, 4) is 0 Å². The lowest BCUT2D eigenvalue weighted by Gasteiger charge is -2.33. The summed E-state index contributed by atoms with van der Waals surface area (Å²) in [5.74, 6) is 0.293. The first-order valence-corrected chi connectivity index (χ1v) is 7.59. The normalized spacial score (nSPS) is 19.8. The van der Waals surface area contributed by atoms with E-state index >= 15 is 0 Å². The lowest BCUT2D eigenvalue weighted by atomic mass is 9.98. The smallest absolute Gasteiger partial charge is 0.371 e. The second kappa shape index (κ2) is 5.63. The highest BCUT2D eigenvalue weighted by Gasteiger charge is 2.33. The van der Waals surface area contributed by atoms with Crippen LogP contribution in [0.5, 0.6) is 0 Å². The van der Waals surface area contributed by atoms with Gasteiger partial charge < -0.3 is 4.90 Å². The number of pyridine rings is 1. The summed E-state index contributed by atoms with van der Waals surface area (Å²) in [4.78, 5) is 9.73. The minimum Gasteiger partial charge on any atom is -0.371 e. The van der Waals surface area contributed by atoms with Gasteiger partial charge in [0.05, 0.1) is 5.01 Å². The van der Waals surface area contributed by atoms with Crippen LogP contribution in [0.25, 0.3) is 0 Å². The topological polar surface area (TPSA) is 29.0 Å². The minimum atomic E-state index is -4.40. The van der Waals surface area contributed by atoms with Crippen molar-refractivity contribution in [2.24, 2.45) is 0 Å². The fraction of sp³-hybridized carbons (Fsp3) is 0.429. The highest BCUT2D eigenvalue weighted by molar-refractivity contribution is 7.09. The van der Waals surface area contributed by atoms with Crippen LogP contribution in [0.4, 0.5) is 18.9 Å². The number of rotatable bonds is 2. The highest BCUT2D eigenvalue weighted by atomic mass is 32.1. The van der Waals surface area contributed by atoms with Crippen molar-refractivity contribution < 1.29 is 13.2 Å². The number of hydrogen-bond acceptors (Lipinski definition) is 4. The average Bonchev–Trinajstić information content (AvgIpc) is 3.01. The van der Waals surface area contributed by atoms with E-state index in [1.54, 1.807) is 23.6 Å². The molecule has 0 unspecified atom stereocenters. The van der Waals surface area contributed by atoms with Crippen LogP contribution < -0.4 is 4.90 Å². The largest absolute Gasteiger partial charge is 0.433 e. The van der Waals surface area contributed by atoms with Gasteiger partial charge in [0, 0.05) is 42.5 Å². The Bertz CT molecular complexity index is 598. The van der Waals surface area contributed by atoms with Crippen molar-refractivity contribution in [3.63, 3.8) is 0 Å². The molecule has 3 rings (SSSR count). The van der Waals surface area contributed by atoms with E-state index in [-0.39, 0.29) is 0 Å². The fourth-order valence-electron chi connectivity index (χ4n) is 2.62. The molecule has 2 aromatic heterocycles. The molecule has 1 fully saturated rings. The number of anilines is 1. The van der Waals surface area contributed by atoms with Crippen LogP contribution in [-0.2, 0) is 6.18 Å². The second-order valence-electron chi connectivity index (χ2n) is 5.05.